The van der Waals surface area contributed by atoms with Gasteiger partial charge in [0.05, 0.1) is 17.8 Å². The second-order valence-electron chi connectivity index (χ2n) is 4.89. The molecule has 0 aliphatic carbocycles. The van der Waals surface area contributed by atoms with Crippen molar-refractivity contribution in [3.8, 4) is 11.3 Å². The van der Waals surface area contributed by atoms with Crippen molar-refractivity contribution in [2.24, 2.45) is 5.73 Å². The Labute approximate surface area is 164 Å². The third kappa shape index (κ3) is 5.94. The summed E-state index contributed by atoms with van der Waals surface area (Å²) in [4.78, 5) is 16.0. The Morgan fingerprint density at radius 3 is 2.23 bits per heavy atom. The van der Waals surface area contributed by atoms with Gasteiger partial charge < -0.3 is 10.5 Å². The van der Waals surface area contributed by atoms with E-state index in [0.29, 0.717) is 16.8 Å². The number of hydrogen-bond acceptors (Lipinski definition) is 4. The molecular formula is C19H25Cl2FN2O2. The molecule has 1 atom stereocenters. The smallest absolute Gasteiger partial charge is 0.330 e. The van der Waals surface area contributed by atoms with Gasteiger partial charge in [-0.05, 0) is 42.8 Å². The molecule has 1 aromatic carbocycles. The minimum absolute atomic E-state index is 0.0377. The van der Waals surface area contributed by atoms with Crippen LogP contribution < -0.4 is 5.73 Å². The predicted octanol–water partition coefficient (Wildman–Crippen LogP) is 5.59. The van der Waals surface area contributed by atoms with Crippen molar-refractivity contribution in [2.75, 3.05) is 7.11 Å². The van der Waals surface area contributed by atoms with Crippen LogP contribution in [0.3, 0.4) is 0 Å². The van der Waals surface area contributed by atoms with Crippen LogP contribution in [0.25, 0.3) is 11.3 Å². The van der Waals surface area contributed by atoms with Crippen LogP contribution in [0, 0.1) is 5.82 Å². The molecule has 4 nitrogen and oxygen atoms in total. The van der Waals surface area contributed by atoms with Crippen molar-refractivity contribution >= 4 is 29.2 Å². The first-order chi connectivity index (χ1) is 12.3. The summed E-state index contributed by atoms with van der Waals surface area (Å²) < 4.78 is 17.9. The molecule has 1 aromatic heterocycles. The van der Waals surface area contributed by atoms with E-state index in [4.69, 9.17) is 33.7 Å². The predicted molar refractivity (Wildman–Crippen MR) is 106 cm³/mol. The molecule has 0 saturated carbocycles. The zero-order chi connectivity index (χ0) is 20.5. The fourth-order valence-corrected chi connectivity index (χ4v) is 2.32. The van der Waals surface area contributed by atoms with Crippen LogP contribution in [0.1, 0.15) is 40.2 Å². The van der Waals surface area contributed by atoms with Gasteiger partial charge in [0.15, 0.2) is 0 Å². The topological polar surface area (TPSA) is 65.2 Å². The average Bonchev–Trinajstić information content (AvgIpc) is 2.66. The number of ether oxygens (including phenoxy) is 1. The molecule has 7 heteroatoms. The maximum Gasteiger partial charge on any atom is 0.330 e. The number of rotatable bonds is 3. The fourth-order valence-electron chi connectivity index (χ4n) is 1.93. The minimum atomic E-state index is -1.39. The van der Waals surface area contributed by atoms with Gasteiger partial charge in [0, 0.05) is 5.56 Å². The highest BCUT2D eigenvalue weighted by molar-refractivity contribution is 6.31. The molecule has 0 aliphatic rings. The second-order valence-corrected chi connectivity index (χ2v) is 5.68. The van der Waals surface area contributed by atoms with Gasteiger partial charge in [-0.15, -0.1) is 0 Å². The van der Waals surface area contributed by atoms with E-state index in [9.17, 15) is 9.18 Å². The Bertz CT molecular complexity index is 737. The maximum absolute atomic E-state index is 13.3. The molecule has 0 aliphatic heterocycles. The number of aromatic nitrogens is 1. The highest BCUT2D eigenvalue weighted by Crippen LogP contribution is 2.29. The van der Waals surface area contributed by atoms with E-state index in [1.807, 2.05) is 27.7 Å². The summed E-state index contributed by atoms with van der Waals surface area (Å²) in [5.74, 6) is -1.15. The molecule has 1 unspecified atom stereocenters. The Balaban J connectivity index is 0.00000146. The van der Waals surface area contributed by atoms with Gasteiger partial charge in [0.1, 0.15) is 16.5 Å². The Morgan fingerprint density at radius 1 is 1.15 bits per heavy atom. The van der Waals surface area contributed by atoms with Crippen LogP contribution in [0.4, 0.5) is 4.39 Å². The van der Waals surface area contributed by atoms with E-state index in [0.717, 1.165) is 0 Å². The SMILES string of the molecule is CC.CC.COC(=O)C(C)(N)c1cc(Cl)nc(-c2ccc(F)c(Cl)c2)c1. The Hall–Kier alpha value is -1.69. The highest BCUT2D eigenvalue weighted by atomic mass is 35.5. The molecule has 0 saturated heterocycles. The fraction of sp³-hybridized carbons (Fsp3) is 0.368. The summed E-state index contributed by atoms with van der Waals surface area (Å²) in [6, 6.07) is 7.22. The van der Waals surface area contributed by atoms with E-state index in [-0.39, 0.29) is 10.2 Å². The van der Waals surface area contributed by atoms with Crippen molar-refractivity contribution in [3.05, 3.63) is 51.9 Å². The molecule has 2 aromatic rings. The molecule has 0 fully saturated rings. The molecule has 1 heterocycles. The lowest BCUT2D eigenvalue weighted by Gasteiger charge is -2.22. The standard InChI is InChI=1S/C15H13Cl2FN2O2.2C2H6/c1-15(19,14(21)22-2)9-6-12(20-13(17)7-9)8-3-4-11(18)10(16)5-8;2*1-2/h3-7H,19H2,1-2H3;2*1-2H3. The number of nitrogens with zero attached hydrogens (tertiary/aromatic N) is 1. The molecule has 0 radical (unpaired) electrons. The Kier molecular flexibility index (Phi) is 10.4. The number of halogens is 3. The Morgan fingerprint density at radius 2 is 1.73 bits per heavy atom. The largest absolute Gasteiger partial charge is 0.467 e. The molecular weight excluding hydrogens is 378 g/mol. The number of esters is 1. The van der Waals surface area contributed by atoms with Crippen LogP contribution in [0.2, 0.25) is 10.2 Å². The lowest BCUT2D eigenvalue weighted by molar-refractivity contribution is -0.146. The average molecular weight is 403 g/mol. The lowest BCUT2D eigenvalue weighted by Crippen LogP contribution is -2.42. The number of methoxy groups -OCH3 is 1. The highest BCUT2D eigenvalue weighted by Gasteiger charge is 2.32. The molecule has 0 spiro atoms. The van der Waals surface area contributed by atoms with Crippen LogP contribution in [-0.4, -0.2) is 18.1 Å². The van der Waals surface area contributed by atoms with Crippen molar-refractivity contribution in [3.63, 3.8) is 0 Å². The second kappa shape index (κ2) is 11.1. The van der Waals surface area contributed by atoms with Crippen LogP contribution in [0.15, 0.2) is 30.3 Å². The first-order valence-electron chi connectivity index (χ1n) is 8.26. The summed E-state index contributed by atoms with van der Waals surface area (Å²) in [6.07, 6.45) is 0. The van der Waals surface area contributed by atoms with Crippen molar-refractivity contribution < 1.29 is 13.9 Å². The van der Waals surface area contributed by atoms with E-state index in [2.05, 4.69) is 4.98 Å². The van der Waals surface area contributed by atoms with Crippen molar-refractivity contribution in [1.29, 1.82) is 0 Å². The third-order valence-corrected chi connectivity index (χ3v) is 3.70. The van der Waals surface area contributed by atoms with Gasteiger partial charge in [-0.3, -0.25) is 0 Å². The van der Waals surface area contributed by atoms with Crippen LogP contribution in [-0.2, 0) is 15.1 Å². The molecule has 144 valence electrons. The monoisotopic (exact) mass is 402 g/mol. The van der Waals surface area contributed by atoms with E-state index in [1.54, 1.807) is 6.07 Å². The zero-order valence-electron chi connectivity index (χ0n) is 15.9. The number of pyridine rings is 1. The summed E-state index contributed by atoms with van der Waals surface area (Å²) >= 11 is 11.8. The summed E-state index contributed by atoms with van der Waals surface area (Å²) in [7, 11) is 1.25. The molecule has 0 bridgehead atoms. The number of benzene rings is 1. The molecule has 2 rings (SSSR count). The first-order valence-corrected chi connectivity index (χ1v) is 9.02. The lowest BCUT2D eigenvalue weighted by atomic mass is 9.93. The van der Waals surface area contributed by atoms with Gasteiger partial charge in [0.2, 0.25) is 0 Å². The quantitative estimate of drug-likeness (QED) is 0.536. The normalized spacial score (nSPS) is 11.9. The van der Waals surface area contributed by atoms with Crippen LogP contribution in [0.5, 0.6) is 0 Å². The third-order valence-electron chi connectivity index (χ3n) is 3.22. The zero-order valence-corrected chi connectivity index (χ0v) is 17.4. The van der Waals surface area contributed by atoms with Gasteiger partial charge in [0.25, 0.3) is 0 Å². The molecule has 0 amide bonds. The summed E-state index contributed by atoms with van der Waals surface area (Å²) in [5.41, 5.74) is 6.02. The summed E-state index contributed by atoms with van der Waals surface area (Å²) in [5, 5.41) is 0.109. The van der Waals surface area contributed by atoms with Gasteiger partial charge in [-0.2, -0.15) is 0 Å². The van der Waals surface area contributed by atoms with Crippen LogP contribution >= 0.6 is 23.2 Å². The number of nitrogens with two attached hydrogens (primary N) is 1. The van der Waals surface area contributed by atoms with E-state index >= 15 is 0 Å². The van der Waals surface area contributed by atoms with Crippen molar-refractivity contribution in [2.45, 2.75) is 40.2 Å². The maximum atomic E-state index is 13.3. The number of hydrogen-bond donors (Lipinski definition) is 1. The number of carbonyl (C=O) groups excluding carboxylic acids is 1. The van der Waals surface area contributed by atoms with Crippen molar-refractivity contribution in [1.82, 2.24) is 4.98 Å². The van der Waals surface area contributed by atoms with E-state index < -0.39 is 17.3 Å². The molecule has 2 N–H and O–H groups in total. The summed E-state index contributed by atoms with van der Waals surface area (Å²) in [6.45, 7) is 9.51. The van der Waals surface area contributed by atoms with Gasteiger partial charge in [-0.1, -0.05) is 50.9 Å². The van der Waals surface area contributed by atoms with E-state index in [1.165, 1.54) is 38.3 Å². The van der Waals surface area contributed by atoms with Gasteiger partial charge in [-0.25, -0.2) is 14.2 Å². The first kappa shape index (κ1) is 24.3. The van der Waals surface area contributed by atoms with Gasteiger partial charge >= 0.3 is 5.97 Å². The number of carbonyl (C=O) groups is 1. The molecule has 26 heavy (non-hydrogen) atoms. The minimum Gasteiger partial charge on any atom is -0.467 e.